The lowest BCUT2D eigenvalue weighted by molar-refractivity contribution is -0.123. The summed E-state index contributed by atoms with van der Waals surface area (Å²) in [5, 5.41) is 0. The fourth-order valence-electron chi connectivity index (χ4n) is 5.13. The van der Waals surface area contributed by atoms with Crippen molar-refractivity contribution in [3.05, 3.63) is 78.5 Å². The second-order valence-corrected chi connectivity index (χ2v) is 8.62. The topological polar surface area (TPSA) is 92.4 Å². The molecule has 2 aliphatic rings. The lowest BCUT2D eigenvalue weighted by Gasteiger charge is -2.27. The van der Waals surface area contributed by atoms with E-state index in [0.29, 0.717) is 24.3 Å². The number of primary amides is 1. The minimum absolute atomic E-state index is 0.0570. The van der Waals surface area contributed by atoms with Gasteiger partial charge in [0.15, 0.2) is 0 Å². The number of amides is 2. The van der Waals surface area contributed by atoms with Gasteiger partial charge in [0, 0.05) is 25.6 Å². The predicted molar refractivity (Wildman–Crippen MR) is 121 cm³/mol. The number of aromatic nitrogens is 2. The molecule has 32 heavy (non-hydrogen) atoms. The number of likely N-dealkylation sites (tertiary alicyclic amines) is 2. The summed E-state index contributed by atoms with van der Waals surface area (Å²) in [6.45, 7) is 2.68. The van der Waals surface area contributed by atoms with Crippen LogP contribution in [0.2, 0.25) is 0 Å². The quantitative estimate of drug-likeness (QED) is 0.649. The van der Waals surface area contributed by atoms with Gasteiger partial charge in [0.2, 0.25) is 5.91 Å². The van der Waals surface area contributed by atoms with Gasteiger partial charge in [-0.1, -0.05) is 42.5 Å². The predicted octanol–water partition coefficient (Wildman–Crippen LogP) is 2.13. The molecular weight excluding hydrogens is 402 g/mol. The first kappa shape index (κ1) is 20.6. The first-order chi connectivity index (χ1) is 15.6. The Balaban J connectivity index is 1.24. The van der Waals surface area contributed by atoms with Crippen molar-refractivity contribution in [2.75, 3.05) is 26.2 Å². The highest BCUT2D eigenvalue weighted by atomic mass is 16.2. The summed E-state index contributed by atoms with van der Waals surface area (Å²) in [6.07, 6.45) is 4.57. The Bertz CT molecular complexity index is 1140. The number of carbonyl (C=O) groups is 2. The zero-order valence-electron chi connectivity index (χ0n) is 17.8. The minimum atomic E-state index is -0.343. The summed E-state index contributed by atoms with van der Waals surface area (Å²) in [4.78, 5) is 38.3. The molecule has 2 saturated heterocycles. The summed E-state index contributed by atoms with van der Waals surface area (Å²) >= 11 is 0. The molecule has 2 aliphatic heterocycles. The minimum Gasteiger partial charge on any atom is -0.368 e. The highest BCUT2D eigenvalue weighted by Crippen LogP contribution is 2.37. The smallest absolute Gasteiger partial charge is 0.274 e. The standard InChI is InChI=1S/C25H26N5O2/c26-24(31)23-19-16-30(25(32)22-13-27-20-10-4-5-11-21(20)28-22)15-18(19)14-29(23)12-6-9-17-7-2-1-3-8-17/h1-5,7-11,13,18-19,23H,6,12,14-16H2,(H2,26,31)/t18?,19-,23?/m1/s1. The second-order valence-electron chi connectivity index (χ2n) is 8.62. The maximum atomic E-state index is 13.1. The van der Waals surface area contributed by atoms with E-state index in [2.05, 4.69) is 33.4 Å². The van der Waals surface area contributed by atoms with Gasteiger partial charge >= 0.3 is 0 Å². The van der Waals surface area contributed by atoms with E-state index in [1.54, 1.807) is 4.90 Å². The van der Waals surface area contributed by atoms with Gasteiger partial charge in [-0.2, -0.15) is 0 Å². The lowest BCUT2D eigenvalue weighted by atomic mass is 9.94. The van der Waals surface area contributed by atoms with Crippen LogP contribution in [0.4, 0.5) is 0 Å². The van der Waals surface area contributed by atoms with Crippen LogP contribution in [0.15, 0.2) is 60.8 Å². The normalized spacial score (nSPS) is 22.9. The number of para-hydroxylation sites is 2. The van der Waals surface area contributed by atoms with Crippen LogP contribution in [0.5, 0.6) is 0 Å². The first-order valence-electron chi connectivity index (χ1n) is 11.0. The third-order valence-corrected chi connectivity index (χ3v) is 6.60. The van der Waals surface area contributed by atoms with Crippen LogP contribution >= 0.6 is 0 Å². The average molecular weight is 429 g/mol. The molecule has 163 valence electrons. The summed E-state index contributed by atoms with van der Waals surface area (Å²) in [6, 6.07) is 17.3. The number of hydrogen-bond donors (Lipinski definition) is 1. The van der Waals surface area contributed by atoms with Crippen LogP contribution in [0.25, 0.3) is 11.0 Å². The Morgan fingerprint density at radius 2 is 1.75 bits per heavy atom. The lowest BCUT2D eigenvalue weighted by Crippen LogP contribution is -2.46. The van der Waals surface area contributed by atoms with E-state index in [1.807, 2.05) is 42.5 Å². The van der Waals surface area contributed by atoms with Gasteiger partial charge in [-0.25, -0.2) is 4.98 Å². The average Bonchev–Trinajstić information content (AvgIpc) is 3.36. The van der Waals surface area contributed by atoms with Gasteiger partial charge in [-0.15, -0.1) is 0 Å². The largest absolute Gasteiger partial charge is 0.368 e. The van der Waals surface area contributed by atoms with Crippen LogP contribution in [-0.4, -0.2) is 63.8 Å². The third kappa shape index (κ3) is 3.96. The van der Waals surface area contributed by atoms with Crippen molar-refractivity contribution in [1.29, 1.82) is 0 Å². The Hall–Kier alpha value is -3.32. The zero-order chi connectivity index (χ0) is 22.1. The van der Waals surface area contributed by atoms with E-state index in [-0.39, 0.29) is 29.7 Å². The molecule has 2 aromatic carbocycles. The van der Waals surface area contributed by atoms with Gasteiger partial charge < -0.3 is 10.6 Å². The van der Waals surface area contributed by atoms with Gasteiger partial charge in [0.05, 0.1) is 23.3 Å². The molecule has 1 aromatic heterocycles. The van der Waals surface area contributed by atoms with Crippen LogP contribution < -0.4 is 5.73 Å². The van der Waals surface area contributed by atoms with E-state index in [1.165, 1.54) is 11.8 Å². The number of hydrogen-bond acceptors (Lipinski definition) is 5. The molecule has 2 N–H and O–H groups in total. The molecule has 1 radical (unpaired) electrons. The monoisotopic (exact) mass is 428 g/mol. The van der Waals surface area contributed by atoms with Crippen LogP contribution in [0.1, 0.15) is 22.5 Å². The Kier molecular flexibility index (Phi) is 5.57. The molecule has 3 atom stereocenters. The number of rotatable bonds is 6. The van der Waals surface area contributed by atoms with Crippen molar-refractivity contribution in [1.82, 2.24) is 19.8 Å². The number of nitrogens with two attached hydrogens (primary N) is 1. The van der Waals surface area contributed by atoms with Crippen molar-refractivity contribution < 1.29 is 9.59 Å². The van der Waals surface area contributed by atoms with Gasteiger partial charge in [-0.05, 0) is 43.0 Å². The van der Waals surface area contributed by atoms with E-state index in [4.69, 9.17) is 5.73 Å². The highest BCUT2D eigenvalue weighted by molar-refractivity contribution is 5.94. The molecule has 5 rings (SSSR count). The maximum absolute atomic E-state index is 13.1. The van der Waals surface area contributed by atoms with Gasteiger partial charge in [0.1, 0.15) is 5.69 Å². The van der Waals surface area contributed by atoms with Crippen molar-refractivity contribution in [2.24, 2.45) is 17.6 Å². The summed E-state index contributed by atoms with van der Waals surface area (Å²) < 4.78 is 0. The van der Waals surface area contributed by atoms with Crippen LogP contribution in [0, 0.1) is 18.3 Å². The number of benzene rings is 2. The molecule has 7 nitrogen and oxygen atoms in total. The summed E-state index contributed by atoms with van der Waals surface area (Å²) in [5.41, 5.74) is 8.79. The third-order valence-electron chi connectivity index (χ3n) is 6.60. The Labute approximate surface area is 187 Å². The van der Waals surface area contributed by atoms with Crippen molar-refractivity contribution in [2.45, 2.75) is 12.5 Å². The van der Waals surface area contributed by atoms with Gasteiger partial charge in [0.25, 0.3) is 5.91 Å². The number of nitrogens with zero attached hydrogens (tertiary/aromatic N) is 4. The molecule has 3 aromatic rings. The van der Waals surface area contributed by atoms with Gasteiger partial charge in [-0.3, -0.25) is 19.5 Å². The molecule has 3 heterocycles. The summed E-state index contributed by atoms with van der Waals surface area (Å²) in [7, 11) is 0. The maximum Gasteiger partial charge on any atom is 0.274 e. The molecule has 2 fully saturated rings. The Morgan fingerprint density at radius 1 is 1.00 bits per heavy atom. The molecule has 2 amide bonds. The fraction of sp³-hybridized carbons (Fsp3) is 0.320. The molecule has 2 unspecified atom stereocenters. The second kappa shape index (κ2) is 8.67. The van der Waals surface area contributed by atoms with Crippen LogP contribution in [0.3, 0.4) is 0 Å². The van der Waals surface area contributed by atoms with Crippen molar-refractivity contribution >= 4 is 22.8 Å². The van der Waals surface area contributed by atoms with E-state index >= 15 is 0 Å². The first-order valence-corrected chi connectivity index (χ1v) is 11.0. The van der Waals surface area contributed by atoms with E-state index in [9.17, 15) is 9.59 Å². The number of carbonyl (C=O) groups excluding carboxylic acids is 2. The van der Waals surface area contributed by atoms with Crippen LogP contribution in [-0.2, 0) is 4.79 Å². The Morgan fingerprint density at radius 3 is 2.53 bits per heavy atom. The number of fused-ring (bicyclic) bond motifs is 2. The summed E-state index contributed by atoms with van der Waals surface area (Å²) in [5.74, 6) is -0.148. The molecule has 0 spiro atoms. The highest BCUT2D eigenvalue weighted by Gasteiger charge is 2.50. The van der Waals surface area contributed by atoms with E-state index < -0.39 is 0 Å². The van der Waals surface area contributed by atoms with Crippen molar-refractivity contribution in [3.63, 3.8) is 0 Å². The fourth-order valence-corrected chi connectivity index (χ4v) is 5.13. The van der Waals surface area contributed by atoms with E-state index in [0.717, 1.165) is 25.0 Å². The molecular formula is C25H26N5O2. The molecule has 0 aliphatic carbocycles. The molecule has 0 saturated carbocycles. The SMILES string of the molecule is NC(=O)C1[C@@H]2CN(C(=O)c3cnc4ccccc4n3)CC2CN1CC[CH]c1ccccc1. The molecule has 0 bridgehead atoms. The van der Waals surface area contributed by atoms with Crippen molar-refractivity contribution in [3.8, 4) is 0 Å². The molecule has 7 heteroatoms. The zero-order valence-corrected chi connectivity index (χ0v) is 17.8.